The number of nitrogens with one attached hydrogen (secondary N) is 1. The average molecular weight is 290 g/mol. The molecule has 6 heteroatoms. The highest BCUT2D eigenvalue weighted by Gasteiger charge is 2.28. The molecule has 0 heterocycles. The molecule has 1 aliphatic rings. The van der Waals surface area contributed by atoms with Gasteiger partial charge >= 0.3 is 0 Å². The van der Waals surface area contributed by atoms with Gasteiger partial charge in [0.2, 0.25) is 10.0 Å². The number of benzene rings is 1. The van der Waals surface area contributed by atoms with Crippen molar-refractivity contribution in [2.24, 2.45) is 0 Å². The molecule has 100 valence electrons. The van der Waals surface area contributed by atoms with Crippen LogP contribution in [-0.4, -0.2) is 25.7 Å². The Labute approximate surface area is 112 Å². The smallest absolute Gasteiger partial charge is 0.242 e. The van der Waals surface area contributed by atoms with Crippen molar-refractivity contribution in [3.8, 4) is 0 Å². The second-order valence-corrected chi connectivity index (χ2v) is 6.60. The minimum Gasteiger partial charge on any atom is -0.391 e. The van der Waals surface area contributed by atoms with E-state index in [1.54, 1.807) is 12.1 Å². The summed E-state index contributed by atoms with van der Waals surface area (Å²) >= 11 is 5.88. The van der Waals surface area contributed by atoms with Gasteiger partial charge in [-0.05, 0) is 25.0 Å². The zero-order valence-electron chi connectivity index (χ0n) is 9.84. The van der Waals surface area contributed by atoms with Crippen LogP contribution in [0.25, 0.3) is 0 Å². The van der Waals surface area contributed by atoms with Gasteiger partial charge in [0, 0.05) is 6.04 Å². The van der Waals surface area contributed by atoms with Crippen LogP contribution in [0.1, 0.15) is 25.7 Å². The number of rotatable bonds is 3. The number of aliphatic hydroxyl groups is 1. The van der Waals surface area contributed by atoms with E-state index in [-0.39, 0.29) is 9.92 Å². The van der Waals surface area contributed by atoms with E-state index in [1.807, 2.05) is 0 Å². The van der Waals surface area contributed by atoms with Crippen LogP contribution in [-0.2, 0) is 10.0 Å². The number of aliphatic hydroxyl groups excluding tert-OH is 1. The molecular formula is C12H16ClNO3S. The fourth-order valence-electron chi connectivity index (χ4n) is 2.17. The maximum Gasteiger partial charge on any atom is 0.242 e. The van der Waals surface area contributed by atoms with Gasteiger partial charge in [-0.2, -0.15) is 0 Å². The minimum atomic E-state index is -3.67. The number of sulfonamides is 1. The highest BCUT2D eigenvalue weighted by atomic mass is 35.5. The lowest BCUT2D eigenvalue weighted by Crippen LogP contribution is -2.45. The third-order valence-corrected chi connectivity index (χ3v) is 5.15. The molecule has 0 spiro atoms. The van der Waals surface area contributed by atoms with E-state index in [0.29, 0.717) is 12.8 Å². The Hall–Kier alpha value is -0.620. The number of hydrogen-bond acceptors (Lipinski definition) is 3. The normalized spacial score (nSPS) is 25.0. The van der Waals surface area contributed by atoms with Gasteiger partial charge in [-0.1, -0.05) is 36.6 Å². The van der Waals surface area contributed by atoms with Gasteiger partial charge in [0.15, 0.2) is 0 Å². The molecular weight excluding hydrogens is 274 g/mol. The zero-order chi connectivity index (χ0) is 13.2. The number of hydrogen-bond donors (Lipinski definition) is 2. The molecule has 0 saturated heterocycles. The van der Waals surface area contributed by atoms with Gasteiger partial charge in [-0.25, -0.2) is 13.1 Å². The minimum absolute atomic E-state index is 0.0597. The zero-order valence-corrected chi connectivity index (χ0v) is 11.4. The summed E-state index contributed by atoms with van der Waals surface area (Å²) in [5, 5.41) is 9.98. The van der Waals surface area contributed by atoms with Crippen molar-refractivity contribution in [2.75, 3.05) is 0 Å². The quantitative estimate of drug-likeness (QED) is 0.893. The van der Waals surface area contributed by atoms with E-state index in [0.717, 1.165) is 12.8 Å². The Bertz CT molecular complexity index is 518. The third-order valence-electron chi connectivity index (χ3n) is 3.16. The molecule has 0 amide bonds. The second-order valence-electron chi connectivity index (χ2n) is 4.51. The molecule has 0 aromatic heterocycles. The largest absolute Gasteiger partial charge is 0.391 e. The van der Waals surface area contributed by atoms with Crippen molar-refractivity contribution in [3.05, 3.63) is 29.3 Å². The summed E-state index contributed by atoms with van der Waals surface area (Å²) in [4.78, 5) is 0.0597. The Morgan fingerprint density at radius 1 is 1.22 bits per heavy atom. The molecule has 0 unspecified atom stereocenters. The van der Waals surface area contributed by atoms with Crippen molar-refractivity contribution in [2.45, 2.75) is 42.7 Å². The molecule has 4 nitrogen and oxygen atoms in total. The van der Waals surface area contributed by atoms with Crippen LogP contribution in [0.4, 0.5) is 0 Å². The molecule has 0 bridgehead atoms. The molecule has 1 fully saturated rings. The maximum atomic E-state index is 12.2. The van der Waals surface area contributed by atoms with Crippen molar-refractivity contribution >= 4 is 21.6 Å². The Kier molecular flexibility index (Phi) is 4.27. The van der Waals surface area contributed by atoms with Gasteiger partial charge in [0.25, 0.3) is 0 Å². The van der Waals surface area contributed by atoms with E-state index in [4.69, 9.17) is 11.6 Å². The summed E-state index contributed by atoms with van der Waals surface area (Å²) in [5.41, 5.74) is 0. The summed E-state index contributed by atoms with van der Waals surface area (Å²) in [6.07, 6.45) is 2.54. The van der Waals surface area contributed by atoms with E-state index in [2.05, 4.69) is 4.72 Å². The summed E-state index contributed by atoms with van der Waals surface area (Å²) in [6.45, 7) is 0. The van der Waals surface area contributed by atoms with Crippen LogP contribution < -0.4 is 4.72 Å². The van der Waals surface area contributed by atoms with Gasteiger partial charge in [-0.3, -0.25) is 0 Å². The van der Waals surface area contributed by atoms with Crippen LogP contribution in [0.15, 0.2) is 29.2 Å². The molecule has 1 aromatic carbocycles. The first-order valence-corrected chi connectivity index (χ1v) is 7.82. The second kappa shape index (κ2) is 5.57. The molecule has 0 aliphatic heterocycles. The standard InChI is InChI=1S/C12H16ClNO3S/c13-9-5-1-4-8-12(9)18(16,17)14-10-6-2-3-7-11(10)15/h1,4-5,8,10-11,14-15H,2-3,6-7H2/t10-,11-/m1/s1. The van der Waals surface area contributed by atoms with Crippen molar-refractivity contribution in [1.82, 2.24) is 4.72 Å². The van der Waals surface area contributed by atoms with Gasteiger partial charge in [0.1, 0.15) is 4.90 Å². The predicted octanol–water partition coefficient (Wildman–Crippen LogP) is 1.92. The van der Waals surface area contributed by atoms with Crippen molar-refractivity contribution in [1.29, 1.82) is 0 Å². The summed E-state index contributed by atoms with van der Waals surface area (Å²) in [5.74, 6) is 0. The monoisotopic (exact) mass is 289 g/mol. The lowest BCUT2D eigenvalue weighted by Gasteiger charge is -2.28. The first kappa shape index (κ1) is 13.8. The molecule has 2 atom stereocenters. The van der Waals surface area contributed by atoms with E-state index in [9.17, 15) is 13.5 Å². The maximum absolute atomic E-state index is 12.2. The predicted molar refractivity (Wildman–Crippen MR) is 70.0 cm³/mol. The summed E-state index contributed by atoms with van der Waals surface area (Å²) in [7, 11) is -3.67. The fourth-order valence-corrected chi connectivity index (χ4v) is 4.00. The van der Waals surface area contributed by atoms with Crippen LogP contribution in [0, 0.1) is 0 Å². The van der Waals surface area contributed by atoms with Gasteiger partial charge in [-0.15, -0.1) is 0 Å². The van der Waals surface area contributed by atoms with Crippen LogP contribution in [0.2, 0.25) is 5.02 Å². The van der Waals surface area contributed by atoms with Crippen molar-refractivity contribution < 1.29 is 13.5 Å². The molecule has 2 N–H and O–H groups in total. The topological polar surface area (TPSA) is 66.4 Å². The molecule has 1 aliphatic carbocycles. The Balaban J connectivity index is 2.19. The van der Waals surface area contributed by atoms with E-state index < -0.39 is 22.2 Å². The van der Waals surface area contributed by atoms with E-state index in [1.165, 1.54) is 12.1 Å². The Morgan fingerprint density at radius 3 is 2.56 bits per heavy atom. The molecule has 1 saturated carbocycles. The Morgan fingerprint density at radius 2 is 1.89 bits per heavy atom. The average Bonchev–Trinajstić information content (AvgIpc) is 2.32. The summed E-state index contributed by atoms with van der Waals surface area (Å²) < 4.78 is 26.9. The van der Waals surface area contributed by atoms with Gasteiger partial charge < -0.3 is 5.11 Å². The van der Waals surface area contributed by atoms with Crippen LogP contribution >= 0.6 is 11.6 Å². The lowest BCUT2D eigenvalue weighted by atomic mass is 9.93. The van der Waals surface area contributed by atoms with Gasteiger partial charge in [0.05, 0.1) is 11.1 Å². The first-order valence-electron chi connectivity index (χ1n) is 5.95. The number of halogens is 1. The molecule has 2 rings (SSSR count). The summed E-state index contributed by atoms with van der Waals surface area (Å²) in [6, 6.07) is 5.88. The molecule has 1 aromatic rings. The highest BCUT2D eigenvalue weighted by Crippen LogP contribution is 2.24. The van der Waals surface area contributed by atoms with Crippen LogP contribution in [0.5, 0.6) is 0 Å². The first-order chi connectivity index (χ1) is 8.50. The SMILES string of the molecule is O=S(=O)(N[C@@H]1CCCC[C@H]1O)c1ccccc1Cl. The fraction of sp³-hybridized carbons (Fsp3) is 0.500. The molecule has 18 heavy (non-hydrogen) atoms. The highest BCUT2D eigenvalue weighted by molar-refractivity contribution is 7.89. The van der Waals surface area contributed by atoms with Crippen LogP contribution in [0.3, 0.4) is 0 Å². The lowest BCUT2D eigenvalue weighted by molar-refractivity contribution is 0.101. The van der Waals surface area contributed by atoms with E-state index >= 15 is 0 Å². The molecule has 0 radical (unpaired) electrons. The van der Waals surface area contributed by atoms with Crippen molar-refractivity contribution in [3.63, 3.8) is 0 Å². The third kappa shape index (κ3) is 3.03.